The molecule has 2 unspecified atom stereocenters. The van der Waals surface area contributed by atoms with Crippen molar-refractivity contribution in [2.45, 2.75) is 45.3 Å². The van der Waals surface area contributed by atoms with Crippen LogP contribution in [0.4, 0.5) is 0 Å². The van der Waals surface area contributed by atoms with Crippen LogP contribution in [0.1, 0.15) is 33.6 Å². The topological polar surface area (TPSA) is 49.8 Å². The third-order valence-corrected chi connectivity index (χ3v) is 3.51. The lowest BCUT2D eigenvalue weighted by molar-refractivity contribution is -0.141. The van der Waals surface area contributed by atoms with Crippen LogP contribution < -0.4 is 0 Å². The highest BCUT2D eigenvalue weighted by atomic mass is 16.5. The minimum atomic E-state index is -0.737. The van der Waals surface area contributed by atoms with Gasteiger partial charge in [-0.25, -0.2) is 0 Å². The second-order valence-corrected chi connectivity index (χ2v) is 4.11. The van der Waals surface area contributed by atoms with Crippen LogP contribution in [0.2, 0.25) is 0 Å². The van der Waals surface area contributed by atoms with Crippen LogP contribution >= 0.6 is 0 Å². The van der Waals surface area contributed by atoms with Crippen LogP contribution in [0.15, 0.2) is 0 Å². The highest BCUT2D eigenvalue weighted by Gasteiger charge is 2.46. The molecule has 1 heterocycles. The number of hydrogen-bond donors (Lipinski definition) is 1. The van der Waals surface area contributed by atoms with Crippen molar-refractivity contribution < 1.29 is 14.6 Å². The Balaban J connectivity index is 2.89. The standard InChI is InChI=1S/C11H21NO3/c1-4-12(5-2)11(8-10(13)14)6-7-15-9(11)3/h9H,4-8H2,1-3H3,(H,13,14). The van der Waals surface area contributed by atoms with Gasteiger partial charge in [0.1, 0.15) is 0 Å². The molecular formula is C11H21NO3. The first kappa shape index (κ1) is 12.5. The normalized spacial score (nSPS) is 31.1. The molecule has 0 bridgehead atoms. The lowest BCUT2D eigenvalue weighted by atomic mass is 9.86. The van der Waals surface area contributed by atoms with Crippen LogP contribution in [0.5, 0.6) is 0 Å². The van der Waals surface area contributed by atoms with Gasteiger partial charge in [-0.3, -0.25) is 9.69 Å². The van der Waals surface area contributed by atoms with E-state index in [1.54, 1.807) is 0 Å². The molecule has 0 spiro atoms. The van der Waals surface area contributed by atoms with E-state index in [1.807, 2.05) is 6.92 Å². The number of carboxylic acid groups (broad SMARTS) is 1. The average molecular weight is 215 g/mol. The largest absolute Gasteiger partial charge is 0.481 e. The summed E-state index contributed by atoms with van der Waals surface area (Å²) in [5.74, 6) is -0.737. The lowest BCUT2D eigenvalue weighted by Crippen LogP contribution is -2.54. The molecule has 1 fully saturated rings. The van der Waals surface area contributed by atoms with Crippen LogP contribution in [0, 0.1) is 0 Å². The molecule has 0 aromatic heterocycles. The van der Waals surface area contributed by atoms with Gasteiger partial charge in [0.2, 0.25) is 0 Å². The molecule has 1 aliphatic rings. The maximum absolute atomic E-state index is 11.0. The van der Waals surface area contributed by atoms with E-state index in [9.17, 15) is 4.79 Å². The Bertz CT molecular complexity index is 228. The summed E-state index contributed by atoms with van der Waals surface area (Å²) in [5, 5.41) is 9.01. The van der Waals surface area contributed by atoms with Crippen LogP contribution in [-0.4, -0.2) is 47.3 Å². The zero-order chi connectivity index (χ0) is 11.5. The van der Waals surface area contributed by atoms with Crippen molar-refractivity contribution in [1.29, 1.82) is 0 Å². The van der Waals surface area contributed by atoms with Gasteiger partial charge in [-0.2, -0.15) is 0 Å². The van der Waals surface area contributed by atoms with Crippen molar-refractivity contribution in [2.24, 2.45) is 0 Å². The summed E-state index contributed by atoms with van der Waals surface area (Å²) < 4.78 is 5.55. The van der Waals surface area contributed by atoms with Crippen molar-refractivity contribution in [3.63, 3.8) is 0 Å². The van der Waals surface area contributed by atoms with E-state index in [0.717, 1.165) is 19.5 Å². The summed E-state index contributed by atoms with van der Waals surface area (Å²) in [6.07, 6.45) is 1.01. The SMILES string of the molecule is CCN(CC)C1(CC(=O)O)CCOC1C. The molecule has 1 N–H and O–H groups in total. The van der Waals surface area contributed by atoms with Gasteiger partial charge in [0.15, 0.2) is 0 Å². The Labute approximate surface area is 91.2 Å². The van der Waals surface area contributed by atoms with Crippen LogP contribution in [0.25, 0.3) is 0 Å². The fraction of sp³-hybridized carbons (Fsp3) is 0.909. The number of aliphatic carboxylic acids is 1. The molecule has 0 aromatic rings. The first-order chi connectivity index (χ1) is 7.06. The fourth-order valence-corrected chi connectivity index (χ4v) is 2.65. The molecule has 88 valence electrons. The zero-order valence-corrected chi connectivity index (χ0v) is 9.82. The molecule has 0 saturated carbocycles. The van der Waals surface area contributed by atoms with E-state index >= 15 is 0 Å². The third-order valence-electron chi connectivity index (χ3n) is 3.51. The monoisotopic (exact) mass is 215 g/mol. The summed E-state index contributed by atoms with van der Waals surface area (Å²) in [7, 11) is 0. The predicted molar refractivity (Wildman–Crippen MR) is 57.9 cm³/mol. The van der Waals surface area contributed by atoms with Crippen molar-refractivity contribution in [3.05, 3.63) is 0 Å². The second kappa shape index (κ2) is 4.94. The van der Waals surface area contributed by atoms with Crippen molar-refractivity contribution in [1.82, 2.24) is 4.90 Å². The lowest BCUT2D eigenvalue weighted by Gasteiger charge is -2.41. The third kappa shape index (κ3) is 2.32. The Kier molecular flexibility index (Phi) is 4.11. The number of rotatable bonds is 5. The number of likely N-dealkylation sites (N-methyl/N-ethyl adjacent to an activating group) is 1. The van der Waals surface area contributed by atoms with Crippen LogP contribution in [0.3, 0.4) is 0 Å². The Morgan fingerprint density at radius 3 is 2.47 bits per heavy atom. The molecule has 0 radical (unpaired) electrons. The molecule has 1 saturated heterocycles. The molecule has 4 heteroatoms. The Morgan fingerprint density at radius 2 is 2.13 bits per heavy atom. The van der Waals surface area contributed by atoms with E-state index < -0.39 is 5.97 Å². The summed E-state index contributed by atoms with van der Waals surface area (Å²) in [6, 6.07) is 0. The van der Waals surface area contributed by atoms with Gasteiger partial charge in [0.25, 0.3) is 0 Å². The minimum Gasteiger partial charge on any atom is -0.481 e. The maximum atomic E-state index is 11.0. The van der Waals surface area contributed by atoms with E-state index in [4.69, 9.17) is 9.84 Å². The molecule has 1 aliphatic heterocycles. The number of nitrogens with zero attached hydrogens (tertiary/aromatic N) is 1. The van der Waals surface area contributed by atoms with Gasteiger partial charge in [-0.1, -0.05) is 13.8 Å². The highest BCUT2D eigenvalue weighted by Crippen LogP contribution is 2.35. The van der Waals surface area contributed by atoms with Crippen molar-refractivity contribution in [2.75, 3.05) is 19.7 Å². The predicted octanol–water partition coefficient (Wildman–Crippen LogP) is 1.35. The second-order valence-electron chi connectivity index (χ2n) is 4.11. The fourth-order valence-electron chi connectivity index (χ4n) is 2.65. The number of carboxylic acids is 1. The summed E-state index contributed by atoms with van der Waals surface area (Å²) in [4.78, 5) is 13.2. The Hall–Kier alpha value is -0.610. The number of ether oxygens (including phenoxy) is 1. The minimum absolute atomic E-state index is 0.00787. The molecule has 15 heavy (non-hydrogen) atoms. The average Bonchev–Trinajstić information content (AvgIpc) is 2.50. The molecular weight excluding hydrogens is 194 g/mol. The highest BCUT2D eigenvalue weighted by molar-refractivity contribution is 5.68. The summed E-state index contributed by atoms with van der Waals surface area (Å²) >= 11 is 0. The van der Waals surface area contributed by atoms with Gasteiger partial charge in [-0.15, -0.1) is 0 Å². The number of hydrogen-bond acceptors (Lipinski definition) is 3. The van der Waals surface area contributed by atoms with Crippen LogP contribution in [-0.2, 0) is 9.53 Å². The van der Waals surface area contributed by atoms with Gasteiger partial charge in [-0.05, 0) is 26.4 Å². The van der Waals surface area contributed by atoms with Crippen molar-refractivity contribution >= 4 is 5.97 Å². The van der Waals surface area contributed by atoms with E-state index in [2.05, 4.69) is 18.7 Å². The zero-order valence-electron chi connectivity index (χ0n) is 9.82. The van der Waals surface area contributed by atoms with Gasteiger partial charge in [0, 0.05) is 6.61 Å². The van der Waals surface area contributed by atoms with Gasteiger partial charge in [0.05, 0.1) is 18.1 Å². The summed E-state index contributed by atoms with van der Waals surface area (Å²) in [5.41, 5.74) is -0.296. The quantitative estimate of drug-likeness (QED) is 0.752. The van der Waals surface area contributed by atoms with Crippen molar-refractivity contribution in [3.8, 4) is 0 Å². The summed E-state index contributed by atoms with van der Waals surface area (Å²) in [6.45, 7) is 8.53. The van der Waals surface area contributed by atoms with Gasteiger partial charge < -0.3 is 9.84 Å². The molecule has 1 rings (SSSR count). The molecule has 2 atom stereocenters. The first-order valence-corrected chi connectivity index (χ1v) is 5.65. The van der Waals surface area contributed by atoms with E-state index in [0.29, 0.717) is 6.61 Å². The molecule has 4 nitrogen and oxygen atoms in total. The molecule has 0 aliphatic carbocycles. The first-order valence-electron chi connectivity index (χ1n) is 5.65. The Morgan fingerprint density at radius 1 is 1.53 bits per heavy atom. The van der Waals surface area contributed by atoms with E-state index in [1.165, 1.54) is 0 Å². The molecule has 0 aromatic carbocycles. The number of carbonyl (C=O) groups is 1. The maximum Gasteiger partial charge on any atom is 0.305 e. The van der Waals surface area contributed by atoms with E-state index in [-0.39, 0.29) is 18.1 Å². The smallest absolute Gasteiger partial charge is 0.305 e. The molecule has 0 amide bonds. The van der Waals surface area contributed by atoms with Gasteiger partial charge >= 0.3 is 5.97 Å².